The Kier molecular flexibility index (Phi) is 2.91. The summed E-state index contributed by atoms with van der Waals surface area (Å²) in [7, 11) is 0. The van der Waals surface area contributed by atoms with Crippen molar-refractivity contribution >= 4 is 0 Å². The van der Waals surface area contributed by atoms with Crippen LogP contribution in [0.15, 0.2) is 22.7 Å². The molecule has 1 heterocycles. The third kappa shape index (κ3) is 1.92. The lowest BCUT2D eigenvalue weighted by atomic mass is 10.2. The maximum Gasteiger partial charge on any atom is 0.261 e. The van der Waals surface area contributed by atoms with Crippen LogP contribution in [0.2, 0.25) is 0 Å². The molecular weight excluding hydrogens is 216 g/mol. The van der Waals surface area contributed by atoms with Crippen LogP contribution in [-0.4, -0.2) is 16.7 Å². The molecule has 0 fully saturated rings. The summed E-state index contributed by atoms with van der Waals surface area (Å²) in [6.45, 7) is 0.366. The zero-order chi connectivity index (χ0) is 11.5. The van der Waals surface area contributed by atoms with Gasteiger partial charge in [0, 0.05) is 6.42 Å². The number of hydrogen-bond acceptors (Lipinski definition) is 4. The van der Waals surface area contributed by atoms with E-state index in [1.807, 2.05) is 0 Å². The first kappa shape index (κ1) is 10.7. The van der Waals surface area contributed by atoms with Gasteiger partial charge in [-0.25, -0.2) is 8.78 Å². The van der Waals surface area contributed by atoms with Gasteiger partial charge in [0.2, 0.25) is 0 Å². The van der Waals surface area contributed by atoms with Crippen molar-refractivity contribution in [1.29, 1.82) is 0 Å². The minimum atomic E-state index is -0.995. The van der Waals surface area contributed by atoms with Gasteiger partial charge in [0.05, 0.1) is 5.56 Å². The first-order valence-electron chi connectivity index (χ1n) is 4.69. The number of hydrogen-bond donors (Lipinski definition) is 1. The molecule has 2 aromatic rings. The number of benzene rings is 1. The van der Waals surface area contributed by atoms with E-state index in [9.17, 15) is 8.78 Å². The van der Waals surface area contributed by atoms with E-state index in [1.54, 1.807) is 0 Å². The zero-order valence-corrected chi connectivity index (χ0v) is 8.28. The van der Waals surface area contributed by atoms with Crippen LogP contribution in [0.4, 0.5) is 8.78 Å². The Bertz CT molecular complexity index is 499. The van der Waals surface area contributed by atoms with Crippen LogP contribution in [0.1, 0.15) is 5.82 Å². The van der Waals surface area contributed by atoms with Crippen molar-refractivity contribution in [2.75, 3.05) is 6.54 Å². The van der Waals surface area contributed by atoms with Gasteiger partial charge >= 0.3 is 0 Å². The lowest BCUT2D eigenvalue weighted by molar-refractivity contribution is 0.418. The molecule has 84 valence electrons. The summed E-state index contributed by atoms with van der Waals surface area (Å²) in [4.78, 5) is 3.91. The Balaban J connectivity index is 2.39. The molecule has 2 rings (SSSR count). The van der Waals surface area contributed by atoms with Gasteiger partial charge in [0.1, 0.15) is 0 Å². The first-order valence-corrected chi connectivity index (χ1v) is 4.69. The second-order valence-electron chi connectivity index (χ2n) is 3.16. The molecule has 0 radical (unpaired) electrons. The number of nitrogens with two attached hydrogens (primary N) is 1. The van der Waals surface area contributed by atoms with Gasteiger partial charge in [0.25, 0.3) is 5.89 Å². The van der Waals surface area contributed by atoms with E-state index >= 15 is 0 Å². The van der Waals surface area contributed by atoms with Gasteiger partial charge in [-0.1, -0.05) is 11.2 Å². The predicted molar refractivity (Wildman–Crippen MR) is 52.4 cm³/mol. The predicted octanol–water partition coefficient (Wildman–Crippen LogP) is 1.52. The summed E-state index contributed by atoms with van der Waals surface area (Å²) >= 11 is 0. The van der Waals surface area contributed by atoms with Crippen molar-refractivity contribution in [1.82, 2.24) is 10.1 Å². The quantitative estimate of drug-likeness (QED) is 0.860. The fourth-order valence-corrected chi connectivity index (χ4v) is 1.26. The van der Waals surface area contributed by atoms with E-state index in [-0.39, 0.29) is 11.5 Å². The number of rotatable bonds is 3. The summed E-state index contributed by atoms with van der Waals surface area (Å²) in [6.07, 6.45) is 0.431. The molecule has 0 saturated carbocycles. The molecule has 16 heavy (non-hydrogen) atoms. The smallest absolute Gasteiger partial charge is 0.261 e. The third-order valence-corrected chi connectivity index (χ3v) is 2.02. The maximum atomic E-state index is 13.4. The Hall–Kier alpha value is -1.82. The fraction of sp³-hybridized carbons (Fsp3) is 0.200. The van der Waals surface area contributed by atoms with Crippen LogP contribution >= 0.6 is 0 Å². The van der Waals surface area contributed by atoms with Gasteiger partial charge in [-0.2, -0.15) is 4.98 Å². The van der Waals surface area contributed by atoms with Gasteiger partial charge < -0.3 is 10.3 Å². The van der Waals surface area contributed by atoms with Gasteiger partial charge in [-0.05, 0) is 18.7 Å². The van der Waals surface area contributed by atoms with Crippen molar-refractivity contribution in [3.8, 4) is 11.5 Å². The Morgan fingerprint density at radius 2 is 2.12 bits per heavy atom. The van der Waals surface area contributed by atoms with Crippen LogP contribution in [0.25, 0.3) is 11.5 Å². The monoisotopic (exact) mass is 225 g/mol. The van der Waals surface area contributed by atoms with Crippen LogP contribution < -0.4 is 5.73 Å². The molecule has 1 aromatic carbocycles. The first-order chi connectivity index (χ1) is 7.72. The largest absolute Gasteiger partial charge is 0.334 e. The summed E-state index contributed by atoms with van der Waals surface area (Å²) in [6, 6.07) is 3.77. The molecule has 0 saturated heterocycles. The molecule has 0 aliphatic heterocycles. The summed E-state index contributed by atoms with van der Waals surface area (Å²) in [5.41, 5.74) is 5.26. The topological polar surface area (TPSA) is 64.9 Å². The lowest BCUT2D eigenvalue weighted by Gasteiger charge is -1.96. The Morgan fingerprint density at radius 1 is 1.31 bits per heavy atom. The highest BCUT2D eigenvalue weighted by Gasteiger charge is 2.15. The summed E-state index contributed by atoms with van der Waals surface area (Å²) in [5.74, 6) is -1.61. The second kappa shape index (κ2) is 4.36. The van der Waals surface area contributed by atoms with E-state index in [0.29, 0.717) is 18.8 Å². The average Bonchev–Trinajstić information content (AvgIpc) is 2.71. The molecule has 0 atom stereocenters. The standard InChI is InChI=1S/C10H9F2N3O/c11-7-3-1-2-6(9(7)12)10-14-8(4-5-13)15-16-10/h1-3H,4-5,13H2. The van der Waals surface area contributed by atoms with E-state index < -0.39 is 11.6 Å². The molecule has 6 heteroatoms. The van der Waals surface area contributed by atoms with Crippen LogP contribution in [0, 0.1) is 11.6 Å². The van der Waals surface area contributed by atoms with Crippen LogP contribution in [0.3, 0.4) is 0 Å². The van der Waals surface area contributed by atoms with Gasteiger partial charge in [-0.3, -0.25) is 0 Å². The maximum absolute atomic E-state index is 13.4. The van der Waals surface area contributed by atoms with Crippen molar-refractivity contribution in [2.45, 2.75) is 6.42 Å². The fourth-order valence-electron chi connectivity index (χ4n) is 1.26. The van der Waals surface area contributed by atoms with E-state index in [0.717, 1.165) is 6.07 Å². The highest BCUT2D eigenvalue weighted by molar-refractivity contribution is 5.53. The number of nitrogens with zero attached hydrogens (tertiary/aromatic N) is 2. The third-order valence-electron chi connectivity index (χ3n) is 2.02. The van der Waals surface area contributed by atoms with Crippen LogP contribution in [0.5, 0.6) is 0 Å². The van der Waals surface area contributed by atoms with Crippen molar-refractivity contribution < 1.29 is 13.3 Å². The normalized spacial score (nSPS) is 10.7. The molecule has 0 aliphatic carbocycles. The van der Waals surface area contributed by atoms with E-state index in [2.05, 4.69) is 10.1 Å². The minimum absolute atomic E-state index is 0.0412. The molecular formula is C10H9F2N3O. The summed E-state index contributed by atoms with van der Waals surface area (Å²) < 4.78 is 31.1. The van der Waals surface area contributed by atoms with E-state index in [4.69, 9.17) is 10.3 Å². The van der Waals surface area contributed by atoms with Crippen molar-refractivity contribution in [3.05, 3.63) is 35.7 Å². The molecule has 2 N–H and O–H groups in total. The Morgan fingerprint density at radius 3 is 2.88 bits per heavy atom. The number of halogens is 2. The summed E-state index contributed by atoms with van der Waals surface area (Å²) in [5, 5.41) is 3.60. The number of aromatic nitrogens is 2. The molecule has 0 unspecified atom stereocenters. The minimum Gasteiger partial charge on any atom is -0.334 e. The Labute approximate surface area is 90.1 Å². The SMILES string of the molecule is NCCc1noc(-c2cccc(F)c2F)n1. The lowest BCUT2D eigenvalue weighted by Crippen LogP contribution is -2.03. The second-order valence-corrected chi connectivity index (χ2v) is 3.16. The average molecular weight is 225 g/mol. The van der Waals surface area contributed by atoms with Crippen molar-refractivity contribution in [2.24, 2.45) is 5.73 Å². The molecule has 1 aromatic heterocycles. The molecule has 0 amide bonds. The molecule has 0 aliphatic rings. The highest BCUT2D eigenvalue weighted by atomic mass is 19.2. The molecule has 4 nitrogen and oxygen atoms in total. The highest BCUT2D eigenvalue weighted by Crippen LogP contribution is 2.22. The van der Waals surface area contributed by atoms with Gasteiger partial charge in [0.15, 0.2) is 17.5 Å². The van der Waals surface area contributed by atoms with Gasteiger partial charge in [-0.15, -0.1) is 0 Å². The molecule has 0 bridgehead atoms. The van der Waals surface area contributed by atoms with E-state index in [1.165, 1.54) is 12.1 Å². The van der Waals surface area contributed by atoms with Crippen molar-refractivity contribution in [3.63, 3.8) is 0 Å². The zero-order valence-electron chi connectivity index (χ0n) is 8.28. The van der Waals surface area contributed by atoms with Crippen LogP contribution in [-0.2, 0) is 6.42 Å². The molecule has 0 spiro atoms.